The molecule has 19 heteroatoms. The third-order valence-corrected chi connectivity index (χ3v) is 17.8. The number of ether oxygens (including phenoxy) is 7. The molecule has 8 rings (SSSR count). The van der Waals surface area contributed by atoms with Crippen LogP contribution >= 0.6 is 0 Å². The Balaban J connectivity index is 0.857. The van der Waals surface area contributed by atoms with E-state index < -0.39 is 109 Å². The van der Waals surface area contributed by atoms with Gasteiger partial charge in [-0.1, -0.05) is 50.0 Å². The Kier molecular flexibility index (Phi) is 18.7. The fourth-order valence-corrected chi connectivity index (χ4v) is 12.3. The quantitative estimate of drug-likeness (QED) is 0.0336. The van der Waals surface area contributed by atoms with E-state index in [0.717, 1.165) is 47.6 Å². The van der Waals surface area contributed by atoms with Crippen LogP contribution in [0, 0.1) is 34.5 Å². The first-order valence-electron chi connectivity index (χ1n) is 27.5. The maximum Gasteiger partial charge on any atom is 0.336 e. The lowest BCUT2D eigenvalue weighted by molar-refractivity contribution is -0.383. The number of esters is 2. The predicted octanol–water partition coefficient (Wildman–Crippen LogP) is 6.42. The first-order valence-corrected chi connectivity index (χ1v) is 27.5. The van der Waals surface area contributed by atoms with Crippen molar-refractivity contribution in [2.24, 2.45) is 34.5 Å². The molecule has 0 bridgehead atoms. The Hall–Kier alpha value is -5.48. The van der Waals surface area contributed by atoms with Crippen LogP contribution in [0.3, 0.4) is 0 Å². The fraction of sp³-hybridized carbons (Fsp3) is 0.600. The SMILES string of the molecule is CC(C)=C1CCC(C)C(C)(COc2ccc3ccc(=O)oc3c2)C1CCC(=O)OCC1OC(OC2(CO)OC(COC(=O)CCC3C(=C(C)C)CCC(C)C3(C)COc3ccc4ccc(=O)oc4c3)C(O)C2O)C(O)C(O)C1O. The molecule has 2 aliphatic carbocycles. The molecule has 4 aliphatic rings. The van der Waals surface area contributed by atoms with Crippen LogP contribution < -0.4 is 20.7 Å². The number of carbonyl (C=O) groups is 2. The molecule has 4 fully saturated rings. The number of aliphatic hydroxyl groups excluding tert-OH is 6. The van der Waals surface area contributed by atoms with Gasteiger partial charge in [0.2, 0.25) is 5.79 Å². The summed E-state index contributed by atoms with van der Waals surface area (Å²) in [5.74, 6) is -2.41. The molecule has 432 valence electrons. The van der Waals surface area contributed by atoms with Crippen LogP contribution in [-0.2, 0) is 33.3 Å². The third-order valence-electron chi connectivity index (χ3n) is 17.8. The smallest absolute Gasteiger partial charge is 0.336 e. The summed E-state index contributed by atoms with van der Waals surface area (Å²) in [5.41, 5.74) is 3.76. The minimum atomic E-state index is -2.47. The number of hydrogen-bond acceptors (Lipinski definition) is 19. The molecular formula is C60H78O19. The Bertz CT molecular complexity index is 2990. The summed E-state index contributed by atoms with van der Waals surface area (Å²) in [5, 5.41) is 67.6. The monoisotopic (exact) mass is 1100 g/mol. The molecular weight excluding hydrogens is 1020 g/mol. The first-order chi connectivity index (χ1) is 37.5. The highest BCUT2D eigenvalue weighted by molar-refractivity contribution is 5.78. The lowest BCUT2D eigenvalue weighted by atomic mass is 9.58. The van der Waals surface area contributed by atoms with E-state index in [-0.39, 0.29) is 36.5 Å². The summed E-state index contributed by atoms with van der Waals surface area (Å²) in [6.07, 6.45) is -9.97. The number of benzene rings is 2. The van der Waals surface area contributed by atoms with Gasteiger partial charge >= 0.3 is 23.2 Å². The van der Waals surface area contributed by atoms with E-state index in [1.54, 1.807) is 24.3 Å². The van der Waals surface area contributed by atoms with Crippen molar-refractivity contribution in [3.63, 3.8) is 0 Å². The van der Waals surface area contributed by atoms with Gasteiger partial charge in [0.05, 0.1) is 13.2 Å². The van der Waals surface area contributed by atoms with Gasteiger partial charge in [-0.05, 0) is 126 Å². The zero-order valence-electron chi connectivity index (χ0n) is 46.4. The van der Waals surface area contributed by atoms with Crippen molar-refractivity contribution >= 4 is 33.9 Å². The molecule has 15 atom stereocenters. The van der Waals surface area contributed by atoms with Crippen molar-refractivity contribution in [1.82, 2.24) is 0 Å². The van der Waals surface area contributed by atoms with E-state index in [0.29, 0.717) is 48.7 Å². The third kappa shape index (κ3) is 12.9. The van der Waals surface area contributed by atoms with E-state index in [9.17, 15) is 49.8 Å². The number of rotatable bonds is 19. The van der Waals surface area contributed by atoms with E-state index in [2.05, 4.69) is 27.7 Å². The number of carbonyl (C=O) groups excluding carboxylic acids is 2. The summed E-state index contributed by atoms with van der Waals surface area (Å²) in [6, 6.07) is 16.8. The van der Waals surface area contributed by atoms with Gasteiger partial charge in [0.25, 0.3) is 0 Å². The van der Waals surface area contributed by atoms with Crippen LogP contribution in [0.5, 0.6) is 11.5 Å². The zero-order chi connectivity index (χ0) is 57.1. The molecule has 15 unspecified atom stereocenters. The maximum atomic E-state index is 13.5. The highest BCUT2D eigenvalue weighted by Gasteiger charge is 2.59. The van der Waals surface area contributed by atoms with Crippen LogP contribution in [0.4, 0.5) is 0 Å². The number of aliphatic hydroxyl groups is 6. The van der Waals surface area contributed by atoms with Gasteiger partial charge in [0, 0.05) is 58.7 Å². The van der Waals surface area contributed by atoms with Crippen LogP contribution in [0.15, 0.2) is 101 Å². The fourth-order valence-electron chi connectivity index (χ4n) is 12.3. The van der Waals surface area contributed by atoms with Crippen molar-refractivity contribution < 1.29 is 82.2 Å². The molecule has 79 heavy (non-hydrogen) atoms. The maximum absolute atomic E-state index is 13.5. The average molecular weight is 1100 g/mol. The Morgan fingerprint density at radius 2 is 1.08 bits per heavy atom. The number of hydrogen-bond donors (Lipinski definition) is 6. The van der Waals surface area contributed by atoms with Gasteiger partial charge in [-0.15, -0.1) is 0 Å². The van der Waals surface area contributed by atoms with E-state index >= 15 is 0 Å². The van der Waals surface area contributed by atoms with Crippen molar-refractivity contribution in [1.29, 1.82) is 0 Å². The number of allylic oxidation sites excluding steroid dienone is 4. The summed E-state index contributed by atoms with van der Waals surface area (Å²) < 4.78 is 52.3. The van der Waals surface area contributed by atoms with Gasteiger partial charge in [-0.25, -0.2) is 9.59 Å². The second-order valence-electron chi connectivity index (χ2n) is 23.2. The molecule has 0 spiro atoms. The largest absolute Gasteiger partial charge is 0.493 e. The van der Waals surface area contributed by atoms with Gasteiger partial charge < -0.3 is 72.6 Å². The highest BCUT2D eigenvalue weighted by atomic mass is 16.8. The lowest BCUT2D eigenvalue weighted by Crippen LogP contribution is -2.62. The molecule has 2 saturated heterocycles. The van der Waals surface area contributed by atoms with E-state index in [1.165, 1.54) is 23.3 Å². The highest BCUT2D eigenvalue weighted by Crippen LogP contribution is 2.53. The molecule has 0 radical (unpaired) electrons. The minimum absolute atomic E-state index is 0.0206. The minimum Gasteiger partial charge on any atom is -0.493 e. The van der Waals surface area contributed by atoms with Crippen molar-refractivity contribution in [2.45, 2.75) is 162 Å². The number of fused-ring (bicyclic) bond motifs is 2. The normalized spacial score (nSPS) is 32.9. The molecule has 0 amide bonds. The van der Waals surface area contributed by atoms with Crippen LogP contribution in [-0.4, -0.2) is 130 Å². The zero-order valence-corrected chi connectivity index (χ0v) is 46.4. The molecule has 4 heterocycles. The van der Waals surface area contributed by atoms with Crippen LogP contribution in [0.1, 0.15) is 107 Å². The standard InChI is InChI=1S/C60H78O19/c1-32(2)40-17-9-34(5)58(7,30-73-38-15-11-36-13-21-50(64)75-44(36)25-38)42(40)19-23-48(62)71-27-46-52(66)54(68)55(69)57(77-46)79-60(29-61)56(70)53(67)47(78-60)28-72-49(63)24-20-43-41(33(3)4)18-10-35(6)59(43,8)31-74-39-16-12-37-14-22-51(65)76-45(37)26-39/h11-16,21-22,25-26,34-35,42-43,46-47,52-57,61,66-70H,9-10,17-20,23-24,27-31H2,1-8H3. The summed E-state index contributed by atoms with van der Waals surface area (Å²) in [6.45, 7) is 15.2. The molecule has 6 N–H and O–H groups in total. The predicted molar refractivity (Wildman–Crippen MR) is 288 cm³/mol. The van der Waals surface area contributed by atoms with Gasteiger partial charge in [0.15, 0.2) is 6.29 Å². The first kappa shape index (κ1) is 59.6. The molecule has 2 aromatic carbocycles. The summed E-state index contributed by atoms with van der Waals surface area (Å²) >= 11 is 0. The summed E-state index contributed by atoms with van der Waals surface area (Å²) in [7, 11) is 0. The second-order valence-corrected chi connectivity index (χ2v) is 23.2. The Morgan fingerprint density at radius 1 is 0.620 bits per heavy atom. The van der Waals surface area contributed by atoms with E-state index in [1.807, 2.05) is 52.0 Å². The molecule has 4 aromatic rings. The Labute approximate surface area is 459 Å². The lowest BCUT2D eigenvalue weighted by Gasteiger charge is -2.48. The van der Waals surface area contributed by atoms with Gasteiger partial charge in [0.1, 0.15) is 85.2 Å². The summed E-state index contributed by atoms with van der Waals surface area (Å²) in [4.78, 5) is 50.8. The van der Waals surface area contributed by atoms with Crippen LogP contribution in [0.2, 0.25) is 0 Å². The van der Waals surface area contributed by atoms with Crippen molar-refractivity contribution in [3.8, 4) is 11.5 Å². The molecule has 2 aliphatic heterocycles. The van der Waals surface area contributed by atoms with Crippen molar-refractivity contribution in [3.05, 3.63) is 104 Å². The van der Waals surface area contributed by atoms with Crippen LogP contribution in [0.25, 0.3) is 21.9 Å². The molecule has 19 nitrogen and oxygen atoms in total. The Morgan fingerprint density at radius 3 is 1.53 bits per heavy atom. The topological polar surface area (TPSA) is 281 Å². The average Bonchev–Trinajstić information content (AvgIpc) is 3.69. The molecule has 2 saturated carbocycles. The van der Waals surface area contributed by atoms with E-state index in [4.69, 9.17) is 42.0 Å². The van der Waals surface area contributed by atoms with Gasteiger partial charge in [-0.2, -0.15) is 0 Å². The second kappa shape index (κ2) is 24.7. The van der Waals surface area contributed by atoms with Gasteiger partial charge in [-0.3, -0.25) is 9.59 Å². The van der Waals surface area contributed by atoms with Crippen molar-refractivity contribution in [2.75, 3.05) is 33.0 Å². The molecule has 2 aromatic heterocycles.